The third-order valence-electron chi connectivity index (χ3n) is 4.26. The van der Waals surface area contributed by atoms with E-state index in [0.717, 1.165) is 0 Å². The maximum absolute atomic E-state index is 13.0. The number of hydrogen-bond acceptors (Lipinski definition) is 6. The second-order valence-corrected chi connectivity index (χ2v) is 5.92. The molecule has 1 saturated heterocycles. The Morgan fingerprint density at radius 1 is 1.32 bits per heavy atom. The molecule has 3 aromatic rings. The number of fused-ring (bicyclic) bond motifs is 1. The van der Waals surface area contributed by atoms with Crippen LogP contribution in [-0.4, -0.2) is 38.6 Å². The Balaban J connectivity index is 1.72. The summed E-state index contributed by atoms with van der Waals surface area (Å²) in [6.45, 7) is -0.331. The van der Waals surface area contributed by atoms with Crippen molar-refractivity contribution in [3.8, 4) is 11.3 Å². The number of halogens is 1. The minimum absolute atomic E-state index is 0.165. The molecule has 8 heteroatoms. The van der Waals surface area contributed by atoms with Gasteiger partial charge in [-0.15, -0.1) is 0 Å². The van der Waals surface area contributed by atoms with E-state index in [1.54, 1.807) is 24.4 Å². The fourth-order valence-electron chi connectivity index (χ4n) is 2.94. The van der Waals surface area contributed by atoms with Crippen LogP contribution in [0.1, 0.15) is 12.6 Å². The number of rotatable bonds is 3. The highest BCUT2D eigenvalue weighted by Crippen LogP contribution is 2.30. The molecular formula is C17H15FN2O5. The SMILES string of the molecule is O=c1nc2oc(-c3ccc(F)cc3)cc2cn1[C@H]1C[C@H](O)[C@@H](CO)O1. The van der Waals surface area contributed by atoms with E-state index in [1.807, 2.05) is 0 Å². The van der Waals surface area contributed by atoms with Crippen LogP contribution in [-0.2, 0) is 4.74 Å². The predicted molar refractivity (Wildman–Crippen MR) is 85.3 cm³/mol. The Labute approximate surface area is 140 Å². The van der Waals surface area contributed by atoms with E-state index in [0.29, 0.717) is 16.7 Å². The molecule has 0 spiro atoms. The highest BCUT2D eigenvalue weighted by atomic mass is 19.1. The molecule has 0 unspecified atom stereocenters. The largest absolute Gasteiger partial charge is 0.437 e. The van der Waals surface area contributed by atoms with Crippen molar-refractivity contribution in [3.63, 3.8) is 0 Å². The molecule has 3 atom stereocenters. The van der Waals surface area contributed by atoms with Gasteiger partial charge in [-0.05, 0) is 30.3 Å². The monoisotopic (exact) mass is 346 g/mol. The van der Waals surface area contributed by atoms with Gasteiger partial charge < -0.3 is 19.4 Å². The first kappa shape index (κ1) is 15.9. The van der Waals surface area contributed by atoms with Gasteiger partial charge in [-0.3, -0.25) is 4.57 Å². The predicted octanol–water partition coefficient (Wildman–Crippen LogP) is 1.44. The van der Waals surface area contributed by atoms with Gasteiger partial charge in [0, 0.05) is 18.2 Å². The van der Waals surface area contributed by atoms with Crippen LogP contribution in [0.2, 0.25) is 0 Å². The zero-order chi connectivity index (χ0) is 17.6. The Kier molecular flexibility index (Phi) is 3.87. The molecule has 0 amide bonds. The van der Waals surface area contributed by atoms with Crippen molar-refractivity contribution in [2.75, 3.05) is 6.61 Å². The van der Waals surface area contributed by atoms with E-state index in [9.17, 15) is 14.3 Å². The first-order valence-corrected chi connectivity index (χ1v) is 7.78. The minimum Gasteiger partial charge on any atom is -0.437 e. The molecule has 1 aliphatic heterocycles. The highest BCUT2D eigenvalue weighted by Gasteiger charge is 2.35. The summed E-state index contributed by atoms with van der Waals surface area (Å²) in [6, 6.07) is 7.47. The first-order valence-electron chi connectivity index (χ1n) is 7.78. The molecule has 1 fully saturated rings. The average Bonchev–Trinajstić information content (AvgIpc) is 3.17. The summed E-state index contributed by atoms with van der Waals surface area (Å²) in [7, 11) is 0. The van der Waals surface area contributed by atoms with Crippen molar-refractivity contribution in [3.05, 3.63) is 52.8 Å². The Hall–Kier alpha value is -2.55. The maximum Gasteiger partial charge on any atom is 0.353 e. The lowest BCUT2D eigenvalue weighted by atomic mass is 10.1. The van der Waals surface area contributed by atoms with Gasteiger partial charge in [0.15, 0.2) is 0 Å². The molecule has 4 rings (SSSR count). The van der Waals surface area contributed by atoms with E-state index in [-0.39, 0.29) is 24.6 Å². The van der Waals surface area contributed by atoms with Gasteiger partial charge in [0.1, 0.15) is 23.9 Å². The molecule has 130 valence electrons. The smallest absolute Gasteiger partial charge is 0.353 e. The highest BCUT2D eigenvalue weighted by molar-refractivity contribution is 5.79. The molecule has 1 aromatic carbocycles. The molecule has 3 heterocycles. The molecule has 1 aliphatic rings. The Bertz CT molecular complexity index is 965. The summed E-state index contributed by atoms with van der Waals surface area (Å²) in [6.07, 6.45) is -0.566. The van der Waals surface area contributed by atoms with Gasteiger partial charge >= 0.3 is 5.69 Å². The summed E-state index contributed by atoms with van der Waals surface area (Å²) in [5.41, 5.74) is 0.243. The number of hydrogen-bond donors (Lipinski definition) is 2. The van der Waals surface area contributed by atoms with E-state index < -0.39 is 24.1 Å². The number of ether oxygens (including phenoxy) is 1. The molecule has 2 aromatic heterocycles. The van der Waals surface area contributed by atoms with Crippen molar-refractivity contribution in [1.82, 2.24) is 9.55 Å². The number of benzene rings is 1. The third kappa shape index (κ3) is 2.84. The number of aliphatic hydroxyl groups is 2. The second kappa shape index (κ2) is 6.07. The summed E-state index contributed by atoms with van der Waals surface area (Å²) >= 11 is 0. The third-order valence-corrected chi connectivity index (χ3v) is 4.26. The van der Waals surface area contributed by atoms with Crippen molar-refractivity contribution < 1.29 is 23.8 Å². The van der Waals surface area contributed by atoms with Gasteiger partial charge in [-0.25, -0.2) is 9.18 Å². The van der Waals surface area contributed by atoms with E-state index in [2.05, 4.69) is 4.98 Å². The summed E-state index contributed by atoms with van der Waals surface area (Å²) in [4.78, 5) is 16.1. The van der Waals surface area contributed by atoms with Crippen LogP contribution in [0.3, 0.4) is 0 Å². The van der Waals surface area contributed by atoms with E-state index in [4.69, 9.17) is 14.3 Å². The first-order chi connectivity index (χ1) is 12.0. The zero-order valence-electron chi connectivity index (χ0n) is 13.0. The van der Waals surface area contributed by atoms with Crippen LogP contribution in [0.5, 0.6) is 0 Å². The molecule has 0 radical (unpaired) electrons. The molecule has 0 aliphatic carbocycles. The molecule has 2 N–H and O–H groups in total. The Morgan fingerprint density at radius 2 is 2.08 bits per heavy atom. The summed E-state index contributed by atoms with van der Waals surface area (Å²) < 4.78 is 25.4. The number of nitrogens with zero attached hydrogens (tertiary/aromatic N) is 2. The van der Waals surface area contributed by atoms with Gasteiger partial charge in [0.2, 0.25) is 5.71 Å². The lowest BCUT2D eigenvalue weighted by molar-refractivity contribution is -0.0457. The lowest BCUT2D eigenvalue weighted by Gasteiger charge is -2.13. The molecular weight excluding hydrogens is 331 g/mol. The van der Waals surface area contributed by atoms with Crippen LogP contribution in [0, 0.1) is 5.82 Å². The van der Waals surface area contributed by atoms with Crippen LogP contribution in [0.25, 0.3) is 22.4 Å². The summed E-state index contributed by atoms with van der Waals surface area (Å²) in [5.74, 6) is 0.105. The van der Waals surface area contributed by atoms with Crippen LogP contribution >= 0.6 is 0 Å². The standard InChI is InChI=1S/C17H15FN2O5/c18-11-3-1-9(2-4-11)13-5-10-7-20(17(23)19-16(10)25-13)15-6-12(22)14(8-21)24-15/h1-5,7,12,14-15,21-22H,6,8H2/t12-,14+,15+/m0/s1. The molecule has 7 nitrogen and oxygen atoms in total. The minimum atomic E-state index is -0.850. The average molecular weight is 346 g/mol. The van der Waals surface area contributed by atoms with Gasteiger partial charge in [0.05, 0.1) is 18.1 Å². The lowest BCUT2D eigenvalue weighted by Crippen LogP contribution is -2.27. The van der Waals surface area contributed by atoms with E-state index in [1.165, 1.54) is 16.7 Å². The topological polar surface area (TPSA) is 97.7 Å². The van der Waals surface area contributed by atoms with Gasteiger partial charge in [-0.1, -0.05) is 0 Å². The fraction of sp³-hybridized carbons (Fsp3) is 0.294. The van der Waals surface area contributed by atoms with E-state index >= 15 is 0 Å². The normalized spacial score (nSPS) is 23.4. The second-order valence-electron chi connectivity index (χ2n) is 5.92. The maximum atomic E-state index is 13.0. The number of aliphatic hydroxyl groups excluding tert-OH is 2. The van der Waals surface area contributed by atoms with Crippen LogP contribution in [0.4, 0.5) is 4.39 Å². The van der Waals surface area contributed by atoms with Crippen molar-refractivity contribution in [2.24, 2.45) is 0 Å². The van der Waals surface area contributed by atoms with Crippen molar-refractivity contribution >= 4 is 11.1 Å². The summed E-state index contributed by atoms with van der Waals surface area (Å²) in [5, 5.41) is 19.6. The molecule has 25 heavy (non-hydrogen) atoms. The van der Waals surface area contributed by atoms with Crippen LogP contribution in [0.15, 0.2) is 45.7 Å². The van der Waals surface area contributed by atoms with Gasteiger partial charge in [-0.2, -0.15) is 4.98 Å². The van der Waals surface area contributed by atoms with Crippen molar-refractivity contribution in [2.45, 2.75) is 24.9 Å². The fourth-order valence-corrected chi connectivity index (χ4v) is 2.94. The molecule has 0 bridgehead atoms. The zero-order valence-corrected chi connectivity index (χ0v) is 13.0. The number of furan rings is 1. The van der Waals surface area contributed by atoms with Crippen LogP contribution < -0.4 is 5.69 Å². The van der Waals surface area contributed by atoms with Gasteiger partial charge in [0.25, 0.3) is 0 Å². The number of aromatic nitrogens is 2. The Morgan fingerprint density at radius 3 is 2.76 bits per heavy atom. The quantitative estimate of drug-likeness (QED) is 0.745. The van der Waals surface area contributed by atoms with Crippen molar-refractivity contribution in [1.29, 1.82) is 0 Å². The molecule has 0 saturated carbocycles.